The molecule has 0 amide bonds. The summed E-state index contributed by atoms with van der Waals surface area (Å²) in [4.78, 5) is 14.3. The van der Waals surface area contributed by atoms with E-state index in [4.69, 9.17) is 16.7 Å². The number of aryl methyl sites for hydroxylation is 1. The van der Waals surface area contributed by atoms with E-state index in [-0.39, 0.29) is 6.54 Å². The zero-order chi connectivity index (χ0) is 9.14. The van der Waals surface area contributed by atoms with Crippen molar-refractivity contribution in [1.29, 1.82) is 0 Å². The highest BCUT2D eigenvalue weighted by molar-refractivity contribution is 6.29. The highest BCUT2D eigenvalue weighted by Crippen LogP contribution is 2.03. The summed E-state index contributed by atoms with van der Waals surface area (Å²) in [6.45, 7) is 2.05. The number of carboxylic acid groups (broad SMARTS) is 1. The summed E-state index contributed by atoms with van der Waals surface area (Å²) < 4.78 is 1.70. The second-order valence-electron chi connectivity index (χ2n) is 2.43. The minimum absolute atomic E-state index is 0.253. The Morgan fingerprint density at radius 1 is 1.92 bits per heavy atom. The molecule has 0 radical (unpaired) electrons. The third kappa shape index (κ3) is 1.98. The molecule has 1 unspecified atom stereocenters. The first kappa shape index (κ1) is 9.06. The van der Waals surface area contributed by atoms with Crippen LogP contribution in [-0.2, 0) is 11.3 Å². The van der Waals surface area contributed by atoms with Crippen LogP contribution in [0.3, 0.4) is 0 Å². The van der Waals surface area contributed by atoms with Crippen molar-refractivity contribution in [1.82, 2.24) is 9.55 Å². The molecule has 1 N–H and O–H groups in total. The maximum atomic E-state index is 10.4. The van der Waals surface area contributed by atoms with Crippen molar-refractivity contribution in [3.05, 3.63) is 18.2 Å². The quantitative estimate of drug-likeness (QED) is 0.717. The molecule has 1 aromatic heterocycles. The Bertz CT molecular complexity index is 285. The summed E-state index contributed by atoms with van der Waals surface area (Å²) in [6, 6.07) is 0. The molecule has 0 saturated heterocycles. The van der Waals surface area contributed by atoms with Crippen LogP contribution in [-0.4, -0.2) is 26.0 Å². The molecule has 0 bridgehead atoms. The zero-order valence-electron chi connectivity index (χ0n) is 6.57. The van der Waals surface area contributed by atoms with Crippen LogP contribution < -0.4 is 0 Å². The van der Waals surface area contributed by atoms with Crippen LogP contribution in [0.2, 0.25) is 0 Å². The van der Waals surface area contributed by atoms with Crippen LogP contribution in [0.1, 0.15) is 5.82 Å². The molecule has 0 spiro atoms. The molecule has 12 heavy (non-hydrogen) atoms. The summed E-state index contributed by atoms with van der Waals surface area (Å²) in [7, 11) is 0. The van der Waals surface area contributed by atoms with Crippen molar-refractivity contribution in [3.63, 3.8) is 0 Å². The standard InChI is InChI=1S/C7H9ClN2O2/c1-5-9-2-3-10(5)4-6(8)7(11)12/h2-3,6H,4H2,1H3,(H,11,12). The largest absolute Gasteiger partial charge is 0.480 e. The third-order valence-electron chi connectivity index (χ3n) is 1.55. The van der Waals surface area contributed by atoms with Crippen molar-refractivity contribution in [2.75, 3.05) is 0 Å². The highest BCUT2D eigenvalue weighted by atomic mass is 35.5. The van der Waals surface area contributed by atoms with Gasteiger partial charge in [-0.25, -0.2) is 4.98 Å². The Morgan fingerprint density at radius 3 is 3.00 bits per heavy atom. The highest BCUT2D eigenvalue weighted by Gasteiger charge is 2.14. The van der Waals surface area contributed by atoms with Gasteiger partial charge in [-0.05, 0) is 6.92 Å². The first-order valence-corrected chi connectivity index (χ1v) is 3.89. The van der Waals surface area contributed by atoms with E-state index in [9.17, 15) is 4.79 Å². The fraction of sp³-hybridized carbons (Fsp3) is 0.429. The summed E-state index contributed by atoms with van der Waals surface area (Å²) in [5.41, 5.74) is 0. The molecule has 1 atom stereocenters. The monoisotopic (exact) mass is 188 g/mol. The predicted molar refractivity (Wildman–Crippen MR) is 44.2 cm³/mol. The number of rotatable bonds is 3. The van der Waals surface area contributed by atoms with Crippen LogP contribution >= 0.6 is 11.6 Å². The summed E-state index contributed by atoms with van der Waals surface area (Å²) >= 11 is 5.53. The third-order valence-corrected chi connectivity index (χ3v) is 1.87. The first-order chi connectivity index (χ1) is 5.61. The zero-order valence-corrected chi connectivity index (χ0v) is 7.32. The van der Waals surface area contributed by atoms with E-state index in [1.807, 2.05) is 0 Å². The second-order valence-corrected chi connectivity index (χ2v) is 2.96. The van der Waals surface area contributed by atoms with E-state index < -0.39 is 11.3 Å². The summed E-state index contributed by atoms with van der Waals surface area (Å²) in [6.07, 6.45) is 3.31. The average molecular weight is 189 g/mol. The number of imidazole rings is 1. The Kier molecular flexibility index (Phi) is 2.70. The number of hydrogen-bond acceptors (Lipinski definition) is 2. The van der Waals surface area contributed by atoms with Gasteiger partial charge in [0.1, 0.15) is 11.2 Å². The molecular formula is C7H9ClN2O2. The molecule has 5 heteroatoms. The predicted octanol–water partition coefficient (Wildman–Crippen LogP) is 0.884. The molecule has 0 aliphatic carbocycles. The number of carboxylic acids is 1. The Morgan fingerprint density at radius 2 is 2.58 bits per heavy atom. The normalized spacial score (nSPS) is 12.8. The minimum atomic E-state index is -1.01. The van der Waals surface area contributed by atoms with Gasteiger partial charge < -0.3 is 9.67 Å². The van der Waals surface area contributed by atoms with Gasteiger partial charge in [-0.3, -0.25) is 4.79 Å². The van der Waals surface area contributed by atoms with Crippen molar-refractivity contribution in [2.24, 2.45) is 0 Å². The summed E-state index contributed by atoms with van der Waals surface area (Å²) in [5.74, 6) is -0.244. The van der Waals surface area contributed by atoms with Gasteiger partial charge >= 0.3 is 5.97 Å². The van der Waals surface area contributed by atoms with Gasteiger partial charge in [0, 0.05) is 12.4 Å². The lowest BCUT2D eigenvalue weighted by Crippen LogP contribution is -2.20. The molecular weight excluding hydrogens is 180 g/mol. The Balaban J connectivity index is 2.64. The Hall–Kier alpha value is -1.03. The first-order valence-electron chi connectivity index (χ1n) is 3.46. The SMILES string of the molecule is Cc1nccn1CC(Cl)C(=O)O. The maximum Gasteiger partial charge on any atom is 0.323 e. The van der Waals surface area contributed by atoms with E-state index in [1.165, 1.54) is 0 Å². The van der Waals surface area contributed by atoms with Crippen molar-refractivity contribution >= 4 is 17.6 Å². The molecule has 4 nitrogen and oxygen atoms in total. The van der Waals surface area contributed by atoms with E-state index in [0.29, 0.717) is 0 Å². The number of halogens is 1. The van der Waals surface area contributed by atoms with Crippen LogP contribution in [0.25, 0.3) is 0 Å². The van der Waals surface area contributed by atoms with Gasteiger partial charge in [0.2, 0.25) is 0 Å². The fourth-order valence-electron chi connectivity index (χ4n) is 0.847. The molecule has 0 aliphatic rings. The molecule has 0 saturated carbocycles. The van der Waals surface area contributed by atoms with E-state index >= 15 is 0 Å². The lowest BCUT2D eigenvalue weighted by Gasteiger charge is -2.06. The number of aliphatic carboxylic acids is 1. The number of carbonyl (C=O) groups is 1. The molecule has 0 fully saturated rings. The van der Waals surface area contributed by atoms with Gasteiger partial charge in [-0.15, -0.1) is 11.6 Å². The van der Waals surface area contributed by atoms with E-state index in [2.05, 4.69) is 4.98 Å². The van der Waals surface area contributed by atoms with Crippen molar-refractivity contribution in [3.8, 4) is 0 Å². The molecule has 0 aliphatic heterocycles. The molecule has 66 valence electrons. The summed E-state index contributed by atoms with van der Waals surface area (Å²) in [5, 5.41) is 7.62. The molecule has 1 aromatic rings. The van der Waals surface area contributed by atoms with Crippen LogP contribution in [0.5, 0.6) is 0 Å². The fourth-order valence-corrected chi connectivity index (χ4v) is 0.996. The Labute approximate surface area is 74.8 Å². The van der Waals surface area contributed by atoms with Gasteiger partial charge in [-0.2, -0.15) is 0 Å². The molecule has 1 heterocycles. The van der Waals surface area contributed by atoms with Crippen LogP contribution in [0.15, 0.2) is 12.4 Å². The topological polar surface area (TPSA) is 55.1 Å². The van der Waals surface area contributed by atoms with Gasteiger partial charge in [0.05, 0.1) is 6.54 Å². The molecule has 1 rings (SSSR count). The van der Waals surface area contributed by atoms with E-state index in [0.717, 1.165) is 5.82 Å². The number of alkyl halides is 1. The minimum Gasteiger partial charge on any atom is -0.480 e. The lowest BCUT2D eigenvalue weighted by atomic mass is 10.4. The number of nitrogens with zero attached hydrogens (tertiary/aromatic N) is 2. The van der Waals surface area contributed by atoms with Crippen LogP contribution in [0, 0.1) is 6.92 Å². The number of hydrogen-bond donors (Lipinski definition) is 1. The van der Waals surface area contributed by atoms with E-state index in [1.54, 1.807) is 23.9 Å². The second kappa shape index (κ2) is 3.58. The van der Waals surface area contributed by atoms with Gasteiger partial charge in [-0.1, -0.05) is 0 Å². The maximum absolute atomic E-state index is 10.4. The van der Waals surface area contributed by atoms with Gasteiger partial charge in [0.15, 0.2) is 0 Å². The van der Waals surface area contributed by atoms with Crippen LogP contribution in [0.4, 0.5) is 0 Å². The number of aromatic nitrogens is 2. The van der Waals surface area contributed by atoms with Crippen molar-refractivity contribution < 1.29 is 9.90 Å². The van der Waals surface area contributed by atoms with Crippen molar-refractivity contribution in [2.45, 2.75) is 18.8 Å². The lowest BCUT2D eigenvalue weighted by molar-refractivity contribution is -0.136. The van der Waals surface area contributed by atoms with Gasteiger partial charge in [0.25, 0.3) is 0 Å². The average Bonchev–Trinajstić information content (AvgIpc) is 2.36. The smallest absolute Gasteiger partial charge is 0.323 e. The molecule has 0 aromatic carbocycles.